The van der Waals surface area contributed by atoms with Gasteiger partial charge in [-0.15, -0.1) is 11.3 Å². The normalized spacial score (nSPS) is 17.8. The molecular weight excluding hydrogens is 432 g/mol. The molecular formula is C26H28N4O2S. The highest BCUT2D eigenvalue weighted by Gasteiger charge is 2.30. The highest BCUT2D eigenvalue weighted by Crippen LogP contribution is 2.28. The summed E-state index contributed by atoms with van der Waals surface area (Å²) in [7, 11) is 1.92. The Morgan fingerprint density at radius 1 is 1.24 bits per heavy atom. The van der Waals surface area contributed by atoms with Crippen LogP contribution in [0.25, 0.3) is 21.3 Å². The smallest absolute Gasteiger partial charge is 0.270 e. The molecule has 3 aromatic heterocycles. The molecule has 1 aliphatic heterocycles. The number of rotatable bonds is 5. The van der Waals surface area contributed by atoms with Gasteiger partial charge in [-0.3, -0.25) is 9.48 Å². The third-order valence-corrected chi connectivity index (χ3v) is 7.12. The van der Waals surface area contributed by atoms with Gasteiger partial charge in [-0.05, 0) is 67.3 Å². The van der Waals surface area contributed by atoms with Crippen LogP contribution in [0.1, 0.15) is 48.3 Å². The van der Waals surface area contributed by atoms with Crippen molar-refractivity contribution >= 4 is 27.5 Å². The SMILES string of the molecule is Cn1cc(-c2ccc(Cc3cc(C(=O)NC4CCOC(C)(C)C4)nc4ccsc34)cc2)cn1. The first kappa shape index (κ1) is 21.8. The number of pyridine rings is 1. The molecule has 4 aromatic rings. The van der Waals surface area contributed by atoms with Crippen molar-refractivity contribution in [3.05, 3.63) is 71.0 Å². The van der Waals surface area contributed by atoms with Crippen LogP contribution in [0.3, 0.4) is 0 Å². The molecule has 0 aliphatic carbocycles. The number of carbonyl (C=O) groups is 1. The van der Waals surface area contributed by atoms with Gasteiger partial charge in [-0.1, -0.05) is 24.3 Å². The molecule has 6 nitrogen and oxygen atoms in total. The van der Waals surface area contributed by atoms with E-state index < -0.39 is 0 Å². The zero-order valence-corrected chi connectivity index (χ0v) is 20.0. The van der Waals surface area contributed by atoms with Gasteiger partial charge in [0.25, 0.3) is 5.91 Å². The van der Waals surface area contributed by atoms with E-state index in [2.05, 4.69) is 53.5 Å². The topological polar surface area (TPSA) is 69.0 Å². The van der Waals surface area contributed by atoms with Gasteiger partial charge in [-0.2, -0.15) is 5.10 Å². The van der Waals surface area contributed by atoms with E-state index in [9.17, 15) is 4.79 Å². The molecule has 0 spiro atoms. The van der Waals surface area contributed by atoms with Crippen molar-refractivity contribution in [2.45, 2.75) is 44.8 Å². The van der Waals surface area contributed by atoms with Crippen molar-refractivity contribution in [2.24, 2.45) is 7.05 Å². The van der Waals surface area contributed by atoms with Crippen LogP contribution < -0.4 is 5.32 Å². The van der Waals surface area contributed by atoms with Crippen molar-refractivity contribution in [2.75, 3.05) is 6.61 Å². The first-order valence-electron chi connectivity index (χ1n) is 11.3. The van der Waals surface area contributed by atoms with Crippen LogP contribution >= 0.6 is 11.3 Å². The molecule has 7 heteroatoms. The summed E-state index contributed by atoms with van der Waals surface area (Å²) < 4.78 is 8.72. The van der Waals surface area contributed by atoms with Crippen LogP contribution in [0.2, 0.25) is 0 Å². The lowest BCUT2D eigenvalue weighted by Crippen LogP contribution is -2.46. The number of hydrogen-bond donors (Lipinski definition) is 1. The van der Waals surface area contributed by atoms with Crippen molar-refractivity contribution < 1.29 is 9.53 Å². The maximum atomic E-state index is 13.1. The molecule has 1 aliphatic rings. The third kappa shape index (κ3) is 4.84. The lowest BCUT2D eigenvalue weighted by molar-refractivity contribution is -0.0615. The van der Waals surface area contributed by atoms with Crippen molar-refractivity contribution in [1.29, 1.82) is 0 Å². The van der Waals surface area contributed by atoms with E-state index in [0.717, 1.165) is 46.2 Å². The van der Waals surface area contributed by atoms with Crippen molar-refractivity contribution in [3.8, 4) is 11.1 Å². The maximum Gasteiger partial charge on any atom is 0.270 e. The number of hydrogen-bond acceptors (Lipinski definition) is 5. The van der Waals surface area contributed by atoms with Crippen molar-refractivity contribution in [3.63, 3.8) is 0 Å². The molecule has 1 amide bonds. The second-order valence-corrected chi connectivity index (χ2v) is 10.3. The predicted molar refractivity (Wildman–Crippen MR) is 132 cm³/mol. The van der Waals surface area contributed by atoms with Gasteiger partial charge in [0.05, 0.1) is 22.0 Å². The van der Waals surface area contributed by atoms with Gasteiger partial charge in [0.1, 0.15) is 5.69 Å². The highest BCUT2D eigenvalue weighted by molar-refractivity contribution is 7.17. The van der Waals surface area contributed by atoms with Crippen molar-refractivity contribution in [1.82, 2.24) is 20.1 Å². The molecule has 0 bridgehead atoms. The number of fused-ring (bicyclic) bond motifs is 1. The van der Waals surface area contributed by atoms with E-state index in [-0.39, 0.29) is 17.6 Å². The Kier molecular flexibility index (Phi) is 5.76. The molecule has 5 rings (SSSR count). The average molecular weight is 461 g/mol. The highest BCUT2D eigenvalue weighted by atomic mass is 32.1. The van der Waals surface area contributed by atoms with Gasteiger partial charge in [0, 0.05) is 31.5 Å². The third-order valence-electron chi connectivity index (χ3n) is 6.14. The van der Waals surface area contributed by atoms with Crippen LogP contribution in [0.5, 0.6) is 0 Å². The molecule has 1 saturated heterocycles. The number of benzene rings is 1. The molecule has 0 radical (unpaired) electrons. The van der Waals surface area contributed by atoms with Gasteiger partial charge < -0.3 is 10.1 Å². The summed E-state index contributed by atoms with van der Waals surface area (Å²) in [6.45, 7) is 4.80. The van der Waals surface area contributed by atoms with Crippen LogP contribution in [0.15, 0.2) is 54.2 Å². The Morgan fingerprint density at radius 3 is 2.79 bits per heavy atom. The number of amides is 1. The van der Waals surface area contributed by atoms with E-state index in [1.165, 1.54) is 5.56 Å². The zero-order chi connectivity index (χ0) is 23.0. The fourth-order valence-corrected chi connectivity index (χ4v) is 5.34. The average Bonchev–Trinajstić information content (AvgIpc) is 3.42. The lowest BCUT2D eigenvalue weighted by Gasteiger charge is -2.35. The van der Waals surface area contributed by atoms with Gasteiger partial charge >= 0.3 is 0 Å². The summed E-state index contributed by atoms with van der Waals surface area (Å²) in [6.07, 6.45) is 6.26. The second kappa shape index (κ2) is 8.72. The first-order chi connectivity index (χ1) is 15.9. The van der Waals surface area contributed by atoms with Crippen LogP contribution in [-0.4, -0.2) is 38.9 Å². The van der Waals surface area contributed by atoms with Crippen LogP contribution in [0, 0.1) is 0 Å². The van der Waals surface area contributed by atoms with Crippen LogP contribution in [0.4, 0.5) is 0 Å². The molecule has 33 heavy (non-hydrogen) atoms. The Labute approximate surface area is 197 Å². The molecule has 0 saturated carbocycles. The minimum atomic E-state index is -0.214. The number of carbonyl (C=O) groups excluding carboxylic acids is 1. The molecule has 4 heterocycles. The van der Waals surface area contributed by atoms with E-state index >= 15 is 0 Å². The summed E-state index contributed by atoms with van der Waals surface area (Å²) >= 11 is 1.67. The molecule has 1 N–H and O–H groups in total. The van der Waals surface area contributed by atoms with Gasteiger partial charge in [-0.25, -0.2) is 4.98 Å². The fraction of sp³-hybridized carbons (Fsp3) is 0.346. The number of aromatic nitrogens is 3. The van der Waals surface area contributed by atoms with E-state index in [1.54, 1.807) is 11.3 Å². The minimum Gasteiger partial charge on any atom is -0.375 e. The van der Waals surface area contributed by atoms with E-state index in [1.807, 2.05) is 41.6 Å². The maximum absolute atomic E-state index is 13.1. The predicted octanol–water partition coefficient (Wildman–Crippen LogP) is 4.98. The largest absolute Gasteiger partial charge is 0.375 e. The lowest BCUT2D eigenvalue weighted by atomic mass is 9.94. The summed E-state index contributed by atoms with van der Waals surface area (Å²) in [5.74, 6) is -0.112. The Bertz CT molecular complexity index is 1290. The Morgan fingerprint density at radius 2 is 2.06 bits per heavy atom. The van der Waals surface area contributed by atoms with E-state index in [0.29, 0.717) is 12.3 Å². The number of nitrogens with zero attached hydrogens (tertiary/aromatic N) is 3. The molecule has 1 aromatic carbocycles. The second-order valence-electron chi connectivity index (χ2n) is 9.35. The molecule has 1 fully saturated rings. The Balaban J connectivity index is 1.37. The molecule has 1 unspecified atom stereocenters. The summed E-state index contributed by atoms with van der Waals surface area (Å²) in [6, 6.07) is 12.6. The molecule has 1 atom stereocenters. The Hall–Kier alpha value is -3.03. The zero-order valence-electron chi connectivity index (χ0n) is 19.2. The number of aryl methyl sites for hydroxylation is 1. The molecule has 170 valence electrons. The summed E-state index contributed by atoms with van der Waals surface area (Å²) in [5, 5.41) is 9.47. The number of ether oxygens (including phenoxy) is 1. The van der Waals surface area contributed by atoms with E-state index in [4.69, 9.17) is 4.74 Å². The minimum absolute atomic E-state index is 0.102. The first-order valence-corrected chi connectivity index (χ1v) is 12.1. The number of thiophene rings is 1. The standard InChI is InChI=1S/C26H28N4O2S/c1-26(2)14-21(8-10-32-26)28-25(31)23-13-19(24-22(29-23)9-11-33-24)12-17-4-6-18(7-5-17)20-15-27-30(3)16-20/h4-7,9,11,13,15-16,21H,8,10,12,14H2,1-3H3,(H,28,31). The monoisotopic (exact) mass is 460 g/mol. The number of nitrogens with one attached hydrogen (secondary N) is 1. The quantitative estimate of drug-likeness (QED) is 0.456. The summed E-state index contributed by atoms with van der Waals surface area (Å²) in [4.78, 5) is 17.7. The van der Waals surface area contributed by atoms with Crippen LogP contribution in [-0.2, 0) is 18.2 Å². The van der Waals surface area contributed by atoms with Gasteiger partial charge in [0.2, 0.25) is 0 Å². The summed E-state index contributed by atoms with van der Waals surface area (Å²) in [5.41, 5.74) is 5.71. The fourth-order valence-electron chi connectivity index (χ4n) is 4.49. The van der Waals surface area contributed by atoms with Gasteiger partial charge in [0.15, 0.2) is 0 Å².